The summed E-state index contributed by atoms with van der Waals surface area (Å²) in [4.78, 5) is 32.1. The summed E-state index contributed by atoms with van der Waals surface area (Å²) >= 11 is 0. The molecule has 0 spiro atoms. The number of hydrogen-bond acceptors (Lipinski definition) is 4. The van der Waals surface area contributed by atoms with Crippen molar-refractivity contribution in [1.82, 2.24) is 14.5 Å². The Morgan fingerprint density at radius 2 is 2.00 bits per heavy atom. The molecule has 0 saturated carbocycles. The lowest BCUT2D eigenvalue weighted by molar-refractivity contribution is 0.564. The minimum absolute atomic E-state index is 0.347. The zero-order chi connectivity index (χ0) is 12.3. The molecule has 6 nitrogen and oxygen atoms in total. The first-order chi connectivity index (χ1) is 8.22. The molecule has 1 aliphatic heterocycles. The van der Waals surface area contributed by atoms with Crippen LogP contribution in [0.1, 0.15) is 32.6 Å². The van der Waals surface area contributed by atoms with Gasteiger partial charge in [0.2, 0.25) is 5.95 Å². The number of hydrogen-bond donors (Lipinski definition) is 1. The average Bonchev–Trinajstić information content (AvgIpc) is 2.81. The third-order valence-electron chi connectivity index (χ3n) is 3.04. The van der Waals surface area contributed by atoms with Gasteiger partial charge in [0.1, 0.15) is 0 Å². The summed E-state index contributed by atoms with van der Waals surface area (Å²) in [5.74, 6) is 0.422. The predicted molar refractivity (Wildman–Crippen MR) is 65.5 cm³/mol. The van der Waals surface area contributed by atoms with Gasteiger partial charge in [0.05, 0.1) is 0 Å². The van der Waals surface area contributed by atoms with Gasteiger partial charge in [0, 0.05) is 19.6 Å². The molecule has 17 heavy (non-hydrogen) atoms. The quantitative estimate of drug-likeness (QED) is 0.820. The van der Waals surface area contributed by atoms with Crippen molar-refractivity contribution in [3.05, 3.63) is 21.0 Å². The highest BCUT2D eigenvalue weighted by Gasteiger charge is 2.16. The van der Waals surface area contributed by atoms with Crippen LogP contribution in [0.5, 0.6) is 0 Å². The van der Waals surface area contributed by atoms with E-state index >= 15 is 0 Å². The van der Waals surface area contributed by atoms with Gasteiger partial charge in [0.25, 0.3) is 0 Å². The largest absolute Gasteiger partial charge is 0.354 e. The smallest absolute Gasteiger partial charge is 0.342 e. The standard InChI is InChI=1S/C11H18N4O2/c1-2-3-8-15-10(16)12-9(13-11(15)17)14-6-4-5-7-14/h2-8H2,1H3,(H,12,13,16,17). The summed E-state index contributed by atoms with van der Waals surface area (Å²) < 4.78 is 1.17. The molecule has 0 amide bonds. The van der Waals surface area contributed by atoms with Crippen LogP contribution in [0.15, 0.2) is 9.59 Å². The molecule has 1 aromatic rings. The Bertz CT molecular complexity index is 454. The fourth-order valence-corrected chi connectivity index (χ4v) is 2.02. The number of H-pyrrole nitrogens is 1. The van der Waals surface area contributed by atoms with E-state index in [2.05, 4.69) is 9.97 Å². The molecule has 2 heterocycles. The Morgan fingerprint density at radius 3 is 2.59 bits per heavy atom. The van der Waals surface area contributed by atoms with E-state index in [-0.39, 0.29) is 5.69 Å². The lowest BCUT2D eigenvalue weighted by Gasteiger charge is -2.15. The second-order valence-electron chi connectivity index (χ2n) is 4.35. The van der Waals surface area contributed by atoms with Crippen molar-refractivity contribution in [3.63, 3.8) is 0 Å². The second-order valence-corrected chi connectivity index (χ2v) is 4.35. The molecule has 0 bridgehead atoms. The topological polar surface area (TPSA) is 71.0 Å². The average molecular weight is 238 g/mol. The van der Waals surface area contributed by atoms with Crippen molar-refractivity contribution in [2.75, 3.05) is 18.0 Å². The van der Waals surface area contributed by atoms with Crippen molar-refractivity contribution < 1.29 is 0 Å². The second kappa shape index (κ2) is 5.16. The van der Waals surface area contributed by atoms with Gasteiger partial charge < -0.3 is 4.90 Å². The molecule has 1 aliphatic rings. The summed E-state index contributed by atoms with van der Waals surface area (Å²) in [5, 5.41) is 0. The van der Waals surface area contributed by atoms with Crippen LogP contribution in [0.3, 0.4) is 0 Å². The normalized spacial score (nSPS) is 15.5. The first-order valence-corrected chi connectivity index (χ1v) is 6.18. The van der Waals surface area contributed by atoms with Crippen LogP contribution in [-0.2, 0) is 6.54 Å². The molecule has 0 atom stereocenters. The van der Waals surface area contributed by atoms with E-state index in [1.165, 1.54) is 4.57 Å². The molecule has 1 N–H and O–H groups in total. The predicted octanol–water partition coefficient (Wildman–Crippen LogP) is 0.332. The first-order valence-electron chi connectivity index (χ1n) is 6.18. The van der Waals surface area contributed by atoms with Gasteiger partial charge in [-0.2, -0.15) is 4.98 Å². The van der Waals surface area contributed by atoms with E-state index in [4.69, 9.17) is 0 Å². The Kier molecular flexibility index (Phi) is 3.61. The number of nitrogens with one attached hydrogen (secondary N) is 1. The SMILES string of the molecule is CCCCn1c(=O)nc(N2CCCC2)[nH]c1=O. The van der Waals surface area contributed by atoms with E-state index < -0.39 is 5.69 Å². The summed E-state index contributed by atoms with van der Waals surface area (Å²) in [6.45, 7) is 4.19. The lowest BCUT2D eigenvalue weighted by atomic mass is 10.3. The molecule has 0 unspecified atom stereocenters. The minimum atomic E-state index is -0.441. The zero-order valence-corrected chi connectivity index (χ0v) is 10.1. The van der Waals surface area contributed by atoms with Gasteiger partial charge in [-0.25, -0.2) is 14.2 Å². The molecule has 1 saturated heterocycles. The van der Waals surface area contributed by atoms with E-state index in [1.54, 1.807) is 0 Å². The van der Waals surface area contributed by atoms with Crippen LogP contribution in [-0.4, -0.2) is 27.6 Å². The van der Waals surface area contributed by atoms with Crippen LogP contribution in [0.2, 0.25) is 0 Å². The Balaban J connectivity index is 2.28. The minimum Gasteiger partial charge on any atom is -0.342 e. The Morgan fingerprint density at radius 1 is 1.29 bits per heavy atom. The number of rotatable bonds is 4. The summed E-state index contributed by atoms with van der Waals surface area (Å²) in [7, 11) is 0. The van der Waals surface area contributed by atoms with Crippen molar-refractivity contribution in [1.29, 1.82) is 0 Å². The molecular formula is C11H18N4O2. The first kappa shape index (κ1) is 11.9. The molecule has 1 aromatic heterocycles. The van der Waals surface area contributed by atoms with Crippen LogP contribution < -0.4 is 16.3 Å². The zero-order valence-electron chi connectivity index (χ0n) is 10.1. The Labute approximate surface area is 99.3 Å². The van der Waals surface area contributed by atoms with Gasteiger partial charge in [0.15, 0.2) is 0 Å². The van der Waals surface area contributed by atoms with Gasteiger partial charge in [-0.05, 0) is 19.3 Å². The molecule has 0 aromatic carbocycles. The molecule has 0 radical (unpaired) electrons. The number of aromatic amines is 1. The number of unbranched alkanes of at least 4 members (excludes halogenated alkanes) is 1. The van der Waals surface area contributed by atoms with Crippen LogP contribution in [0.25, 0.3) is 0 Å². The van der Waals surface area contributed by atoms with Crippen molar-refractivity contribution in [3.8, 4) is 0 Å². The van der Waals surface area contributed by atoms with E-state index in [9.17, 15) is 9.59 Å². The summed E-state index contributed by atoms with van der Waals surface area (Å²) in [5.41, 5.74) is -0.788. The highest BCUT2D eigenvalue weighted by atomic mass is 16.2. The van der Waals surface area contributed by atoms with E-state index in [0.29, 0.717) is 12.5 Å². The van der Waals surface area contributed by atoms with Crippen LogP contribution in [0.4, 0.5) is 5.95 Å². The molecule has 0 aliphatic carbocycles. The maximum absolute atomic E-state index is 11.8. The van der Waals surface area contributed by atoms with Gasteiger partial charge >= 0.3 is 11.4 Å². The summed E-state index contributed by atoms with van der Waals surface area (Å²) in [6, 6.07) is 0. The fourth-order valence-electron chi connectivity index (χ4n) is 2.02. The van der Waals surface area contributed by atoms with Crippen molar-refractivity contribution in [2.24, 2.45) is 0 Å². The van der Waals surface area contributed by atoms with E-state index in [1.807, 2.05) is 11.8 Å². The molecular weight excluding hydrogens is 220 g/mol. The maximum atomic E-state index is 11.8. The van der Waals surface area contributed by atoms with E-state index in [0.717, 1.165) is 38.8 Å². The Hall–Kier alpha value is -1.59. The fraction of sp³-hybridized carbons (Fsp3) is 0.727. The lowest BCUT2D eigenvalue weighted by Crippen LogP contribution is -2.39. The molecule has 1 fully saturated rings. The van der Waals surface area contributed by atoms with Crippen molar-refractivity contribution >= 4 is 5.95 Å². The number of aromatic nitrogens is 3. The highest BCUT2D eigenvalue weighted by molar-refractivity contribution is 5.28. The van der Waals surface area contributed by atoms with Gasteiger partial charge in [-0.1, -0.05) is 13.3 Å². The number of nitrogens with zero attached hydrogens (tertiary/aromatic N) is 3. The third-order valence-corrected chi connectivity index (χ3v) is 3.04. The van der Waals surface area contributed by atoms with Gasteiger partial charge in [-0.15, -0.1) is 0 Å². The monoisotopic (exact) mass is 238 g/mol. The van der Waals surface area contributed by atoms with Crippen molar-refractivity contribution in [2.45, 2.75) is 39.2 Å². The van der Waals surface area contributed by atoms with Crippen LogP contribution >= 0.6 is 0 Å². The maximum Gasteiger partial charge on any atom is 0.354 e. The third kappa shape index (κ3) is 2.57. The molecule has 2 rings (SSSR count). The van der Waals surface area contributed by atoms with Crippen LogP contribution in [0, 0.1) is 0 Å². The molecule has 6 heteroatoms. The number of anilines is 1. The van der Waals surface area contributed by atoms with Gasteiger partial charge in [-0.3, -0.25) is 4.98 Å². The highest BCUT2D eigenvalue weighted by Crippen LogP contribution is 2.12. The molecule has 94 valence electrons. The summed E-state index contributed by atoms with van der Waals surface area (Å²) in [6.07, 6.45) is 3.93.